The van der Waals surface area contributed by atoms with E-state index in [9.17, 15) is 9.59 Å². The van der Waals surface area contributed by atoms with Crippen LogP contribution in [0.2, 0.25) is 5.02 Å². The van der Waals surface area contributed by atoms with Gasteiger partial charge in [0.1, 0.15) is 0 Å². The Morgan fingerprint density at radius 2 is 1.88 bits per heavy atom. The number of hydrogen-bond donors (Lipinski definition) is 1. The SMILES string of the molecule is Cc1ccc(CNC(=O)C2CCCN(C(=O)c3ccccc3Cl)C2)cc1. The first-order valence-corrected chi connectivity index (χ1v) is 9.29. The molecule has 3 rings (SSSR count). The molecule has 1 aliphatic heterocycles. The van der Waals surface area contributed by atoms with Gasteiger partial charge in [0.05, 0.1) is 16.5 Å². The van der Waals surface area contributed by atoms with Crippen LogP contribution in [0.1, 0.15) is 34.3 Å². The molecule has 0 saturated carbocycles. The Kier molecular flexibility index (Phi) is 5.94. The van der Waals surface area contributed by atoms with Crippen molar-refractivity contribution in [2.24, 2.45) is 5.92 Å². The van der Waals surface area contributed by atoms with Crippen molar-refractivity contribution in [1.29, 1.82) is 0 Å². The third-order valence-electron chi connectivity index (χ3n) is 4.77. The second kappa shape index (κ2) is 8.37. The molecule has 1 saturated heterocycles. The molecule has 0 bridgehead atoms. The van der Waals surface area contributed by atoms with E-state index in [1.807, 2.05) is 31.2 Å². The molecule has 0 spiro atoms. The molecule has 1 N–H and O–H groups in total. The maximum Gasteiger partial charge on any atom is 0.255 e. The van der Waals surface area contributed by atoms with Gasteiger partial charge in [-0.15, -0.1) is 0 Å². The Morgan fingerprint density at radius 3 is 2.62 bits per heavy atom. The number of nitrogens with one attached hydrogen (secondary N) is 1. The summed E-state index contributed by atoms with van der Waals surface area (Å²) in [4.78, 5) is 27.0. The molecule has 26 heavy (non-hydrogen) atoms. The van der Waals surface area contributed by atoms with Gasteiger partial charge in [-0.05, 0) is 37.5 Å². The summed E-state index contributed by atoms with van der Waals surface area (Å²) in [5.74, 6) is -0.283. The van der Waals surface area contributed by atoms with E-state index in [0.29, 0.717) is 30.2 Å². The van der Waals surface area contributed by atoms with Crippen LogP contribution in [0.15, 0.2) is 48.5 Å². The van der Waals surface area contributed by atoms with Crippen LogP contribution < -0.4 is 5.32 Å². The predicted octanol–water partition coefficient (Wildman–Crippen LogP) is 3.82. The standard InChI is InChI=1S/C21H23ClN2O2/c1-15-8-10-16(11-9-15)13-23-20(25)17-5-4-12-24(14-17)21(26)18-6-2-3-7-19(18)22/h2-3,6-11,17H,4-5,12-14H2,1H3,(H,23,25). The molecule has 5 heteroatoms. The number of hydrogen-bond acceptors (Lipinski definition) is 2. The molecule has 1 aliphatic rings. The predicted molar refractivity (Wildman–Crippen MR) is 103 cm³/mol. The van der Waals surface area contributed by atoms with Crippen molar-refractivity contribution in [2.75, 3.05) is 13.1 Å². The van der Waals surface area contributed by atoms with Crippen molar-refractivity contribution in [2.45, 2.75) is 26.3 Å². The average molecular weight is 371 g/mol. The van der Waals surface area contributed by atoms with Crippen molar-refractivity contribution in [3.8, 4) is 0 Å². The average Bonchev–Trinajstić information content (AvgIpc) is 2.67. The van der Waals surface area contributed by atoms with Gasteiger partial charge in [-0.2, -0.15) is 0 Å². The summed E-state index contributed by atoms with van der Waals surface area (Å²) in [6.45, 7) is 3.64. The van der Waals surface area contributed by atoms with Gasteiger partial charge in [0, 0.05) is 19.6 Å². The number of piperidine rings is 1. The smallest absolute Gasteiger partial charge is 0.255 e. The third kappa shape index (κ3) is 4.44. The number of benzene rings is 2. The first-order chi connectivity index (χ1) is 12.5. The van der Waals surface area contributed by atoms with E-state index in [1.54, 1.807) is 29.2 Å². The molecule has 2 aromatic rings. The van der Waals surface area contributed by atoms with E-state index in [-0.39, 0.29) is 17.7 Å². The lowest BCUT2D eigenvalue weighted by molar-refractivity contribution is -0.126. The first-order valence-electron chi connectivity index (χ1n) is 8.91. The highest BCUT2D eigenvalue weighted by Gasteiger charge is 2.29. The monoisotopic (exact) mass is 370 g/mol. The Morgan fingerprint density at radius 1 is 1.15 bits per heavy atom. The third-order valence-corrected chi connectivity index (χ3v) is 5.10. The molecule has 1 unspecified atom stereocenters. The molecule has 1 fully saturated rings. The molecule has 2 aromatic carbocycles. The summed E-state index contributed by atoms with van der Waals surface area (Å²) in [7, 11) is 0. The van der Waals surface area contributed by atoms with Gasteiger partial charge in [0.25, 0.3) is 5.91 Å². The fourth-order valence-corrected chi connectivity index (χ4v) is 3.44. The van der Waals surface area contributed by atoms with E-state index in [1.165, 1.54) is 5.56 Å². The van der Waals surface area contributed by atoms with E-state index >= 15 is 0 Å². The molecule has 1 heterocycles. The lowest BCUT2D eigenvalue weighted by Gasteiger charge is -2.32. The topological polar surface area (TPSA) is 49.4 Å². The Balaban J connectivity index is 1.59. The van der Waals surface area contributed by atoms with Crippen molar-refractivity contribution >= 4 is 23.4 Å². The largest absolute Gasteiger partial charge is 0.352 e. The Bertz CT molecular complexity index is 789. The zero-order valence-corrected chi connectivity index (χ0v) is 15.6. The number of aryl methyl sites for hydroxylation is 1. The zero-order valence-electron chi connectivity index (χ0n) is 14.9. The van der Waals surface area contributed by atoms with Crippen LogP contribution in [0.4, 0.5) is 0 Å². The molecule has 1 atom stereocenters. The van der Waals surface area contributed by atoms with Crippen molar-refractivity contribution in [3.05, 3.63) is 70.2 Å². The molecule has 2 amide bonds. The molecule has 136 valence electrons. The number of amides is 2. The number of likely N-dealkylation sites (tertiary alicyclic amines) is 1. The van der Waals surface area contributed by atoms with Crippen LogP contribution >= 0.6 is 11.6 Å². The van der Waals surface area contributed by atoms with Crippen LogP contribution in [0.3, 0.4) is 0 Å². The summed E-state index contributed by atoms with van der Waals surface area (Å²) in [5, 5.41) is 3.44. The van der Waals surface area contributed by atoms with Crippen molar-refractivity contribution in [3.63, 3.8) is 0 Å². The van der Waals surface area contributed by atoms with Gasteiger partial charge in [-0.25, -0.2) is 0 Å². The fourth-order valence-electron chi connectivity index (χ4n) is 3.22. The van der Waals surface area contributed by atoms with Crippen LogP contribution in [0.5, 0.6) is 0 Å². The van der Waals surface area contributed by atoms with E-state index in [0.717, 1.165) is 18.4 Å². The van der Waals surface area contributed by atoms with Gasteiger partial charge in [0.2, 0.25) is 5.91 Å². The Labute approximate surface area is 159 Å². The molecular formula is C21H23ClN2O2. The summed E-state index contributed by atoms with van der Waals surface area (Å²) < 4.78 is 0. The van der Waals surface area contributed by atoms with Gasteiger partial charge >= 0.3 is 0 Å². The lowest BCUT2D eigenvalue weighted by Crippen LogP contribution is -2.45. The van der Waals surface area contributed by atoms with Gasteiger partial charge in [-0.1, -0.05) is 53.6 Å². The number of nitrogens with zero attached hydrogens (tertiary/aromatic N) is 1. The summed E-state index contributed by atoms with van der Waals surface area (Å²) in [6, 6.07) is 15.1. The van der Waals surface area contributed by atoms with Gasteiger partial charge in [-0.3, -0.25) is 9.59 Å². The zero-order chi connectivity index (χ0) is 18.5. The maximum absolute atomic E-state index is 12.7. The maximum atomic E-state index is 12.7. The Hall–Kier alpha value is -2.33. The van der Waals surface area contributed by atoms with Crippen LogP contribution in [-0.4, -0.2) is 29.8 Å². The van der Waals surface area contributed by atoms with E-state index < -0.39 is 0 Å². The minimum Gasteiger partial charge on any atom is -0.352 e. The summed E-state index contributed by atoms with van der Waals surface area (Å²) in [6.07, 6.45) is 1.62. The lowest BCUT2D eigenvalue weighted by atomic mass is 9.96. The van der Waals surface area contributed by atoms with Crippen LogP contribution in [0.25, 0.3) is 0 Å². The quantitative estimate of drug-likeness (QED) is 0.889. The highest BCUT2D eigenvalue weighted by atomic mass is 35.5. The summed E-state index contributed by atoms with van der Waals surface area (Å²) >= 11 is 6.14. The van der Waals surface area contributed by atoms with E-state index in [2.05, 4.69) is 5.32 Å². The number of carbonyl (C=O) groups is 2. The highest BCUT2D eigenvalue weighted by Crippen LogP contribution is 2.22. The molecule has 0 aliphatic carbocycles. The van der Waals surface area contributed by atoms with Crippen molar-refractivity contribution in [1.82, 2.24) is 10.2 Å². The molecular weight excluding hydrogens is 348 g/mol. The first kappa shape index (κ1) is 18.5. The molecule has 0 aromatic heterocycles. The van der Waals surface area contributed by atoms with E-state index in [4.69, 9.17) is 11.6 Å². The van der Waals surface area contributed by atoms with Crippen molar-refractivity contribution < 1.29 is 9.59 Å². The molecule has 4 nitrogen and oxygen atoms in total. The normalized spacial score (nSPS) is 17.0. The number of rotatable bonds is 4. The summed E-state index contributed by atoms with van der Waals surface area (Å²) in [5.41, 5.74) is 2.76. The second-order valence-corrected chi connectivity index (χ2v) is 7.18. The fraction of sp³-hybridized carbons (Fsp3) is 0.333. The minimum absolute atomic E-state index is 0.00207. The number of carbonyl (C=O) groups excluding carboxylic acids is 2. The van der Waals surface area contributed by atoms with Gasteiger partial charge in [0.15, 0.2) is 0 Å². The van der Waals surface area contributed by atoms with Gasteiger partial charge < -0.3 is 10.2 Å². The second-order valence-electron chi connectivity index (χ2n) is 6.77. The van der Waals surface area contributed by atoms with Crippen LogP contribution in [0, 0.1) is 12.8 Å². The molecule has 0 radical (unpaired) electrons. The van der Waals surface area contributed by atoms with Crippen LogP contribution in [-0.2, 0) is 11.3 Å². The highest BCUT2D eigenvalue weighted by molar-refractivity contribution is 6.33. The number of halogens is 1. The minimum atomic E-state index is -0.180.